The van der Waals surface area contributed by atoms with Crippen molar-refractivity contribution in [3.63, 3.8) is 0 Å². The summed E-state index contributed by atoms with van der Waals surface area (Å²) < 4.78 is 6.03. The fourth-order valence-corrected chi connectivity index (χ4v) is 5.17. The number of benzene rings is 1. The van der Waals surface area contributed by atoms with Crippen molar-refractivity contribution in [3.8, 4) is 0 Å². The molecule has 0 amide bonds. The monoisotopic (exact) mass is 370 g/mol. The fraction of sp³-hybridized carbons (Fsp3) is 0.750. The maximum Gasteiger partial charge on any atom is 0.0500 e. The Kier molecular flexibility index (Phi) is 6.52. The molecule has 4 rings (SSSR count). The van der Waals surface area contributed by atoms with Gasteiger partial charge in [0.1, 0.15) is 0 Å². The smallest absolute Gasteiger partial charge is 0.0500 e. The van der Waals surface area contributed by atoms with Crippen molar-refractivity contribution in [1.29, 1.82) is 0 Å². The zero-order valence-corrected chi connectivity index (χ0v) is 17.4. The minimum atomic E-state index is 0.624. The molecule has 1 aromatic carbocycles. The second-order valence-electron chi connectivity index (χ2n) is 9.41. The Morgan fingerprint density at radius 1 is 0.963 bits per heavy atom. The van der Waals surface area contributed by atoms with Gasteiger partial charge in [-0.05, 0) is 67.2 Å². The van der Waals surface area contributed by atoms with Crippen LogP contribution in [-0.4, -0.2) is 55.7 Å². The van der Waals surface area contributed by atoms with Gasteiger partial charge in [0.05, 0.1) is 6.61 Å². The quantitative estimate of drug-likeness (QED) is 0.600. The molecule has 0 N–H and O–H groups in total. The summed E-state index contributed by atoms with van der Waals surface area (Å²) in [4.78, 5) is 5.26. The molecule has 3 fully saturated rings. The van der Waals surface area contributed by atoms with Crippen LogP contribution in [0.25, 0.3) is 0 Å². The molecule has 150 valence electrons. The summed E-state index contributed by atoms with van der Waals surface area (Å²) in [5, 5.41) is 0. The first-order chi connectivity index (χ1) is 13.2. The summed E-state index contributed by atoms with van der Waals surface area (Å²) in [6, 6.07) is 9.25. The first-order valence-corrected chi connectivity index (χ1v) is 11.3. The van der Waals surface area contributed by atoms with Gasteiger partial charge in [-0.15, -0.1) is 0 Å². The SMILES string of the molecule is CC(C)c1ccc(CN2C[C@@H]3[C@@H](COCCCN4CCCCC4)[C@@H]3C2)cc1. The molecule has 0 aromatic heterocycles. The van der Waals surface area contributed by atoms with Gasteiger partial charge in [-0.1, -0.05) is 44.5 Å². The van der Waals surface area contributed by atoms with Gasteiger partial charge in [-0.25, -0.2) is 0 Å². The van der Waals surface area contributed by atoms with E-state index in [-0.39, 0.29) is 0 Å². The first-order valence-electron chi connectivity index (χ1n) is 11.3. The van der Waals surface area contributed by atoms with Crippen molar-refractivity contribution in [2.45, 2.75) is 52.0 Å². The molecule has 0 bridgehead atoms. The highest BCUT2D eigenvalue weighted by atomic mass is 16.5. The van der Waals surface area contributed by atoms with E-state index in [1.165, 1.54) is 69.5 Å². The molecule has 3 heteroatoms. The maximum absolute atomic E-state index is 6.03. The Morgan fingerprint density at radius 3 is 2.33 bits per heavy atom. The Labute approximate surface area is 166 Å². The summed E-state index contributed by atoms with van der Waals surface area (Å²) in [6.45, 7) is 14.0. The van der Waals surface area contributed by atoms with Crippen molar-refractivity contribution < 1.29 is 4.74 Å². The van der Waals surface area contributed by atoms with E-state index in [0.29, 0.717) is 5.92 Å². The van der Waals surface area contributed by atoms with E-state index in [0.717, 1.165) is 37.5 Å². The third kappa shape index (κ3) is 5.13. The van der Waals surface area contributed by atoms with Crippen LogP contribution in [-0.2, 0) is 11.3 Å². The number of likely N-dealkylation sites (tertiary alicyclic amines) is 2. The lowest BCUT2D eigenvalue weighted by atomic mass is 10.0. The van der Waals surface area contributed by atoms with Gasteiger partial charge in [0.15, 0.2) is 0 Å². The molecule has 1 aromatic rings. The summed E-state index contributed by atoms with van der Waals surface area (Å²) in [6.07, 6.45) is 5.42. The van der Waals surface area contributed by atoms with Crippen LogP contribution in [0.3, 0.4) is 0 Å². The minimum Gasteiger partial charge on any atom is -0.381 e. The molecule has 3 atom stereocenters. The van der Waals surface area contributed by atoms with Crippen molar-refractivity contribution in [2.24, 2.45) is 17.8 Å². The van der Waals surface area contributed by atoms with Crippen molar-refractivity contribution in [1.82, 2.24) is 9.80 Å². The Morgan fingerprint density at radius 2 is 1.67 bits per heavy atom. The zero-order chi connectivity index (χ0) is 18.6. The lowest BCUT2D eigenvalue weighted by Crippen LogP contribution is -2.31. The van der Waals surface area contributed by atoms with Gasteiger partial charge < -0.3 is 9.64 Å². The maximum atomic E-state index is 6.03. The molecule has 1 saturated carbocycles. The van der Waals surface area contributed by atoms with Crippen LogP contribution < -0.4 is 0 Å². The molecule has 0 unspecified atom stereocenters. The lowest BCUT2D eigenvalue weighted by Gasteiger charge is -2.26. The van der Waals surface area contributed by atoms with E-state index >= 15 is 0 Å². The topological polar surface area (TPSA) is 15.7 Å². The summed E-state index contributed by atoms with van der Waals surface area (Å²) in [5.41, 5.74) is 2.91. The average molecular weight is 371 g/mol. The second kappa shape index (κ2) is 9.07. The van der Waals surface area contributed by atoms with Gasteiger partial charge in [-0.3, -0.25) is 4.90 Å². The molecular weight excluding hydrogens is 332 g/mol. The van der Waals surface area contributed by atoms with Gasteiger partial charge in [0, 0.05) is 32.8 Å². The van der Waals surface area contributed by atoms with E-state index in [4.69, 9.17) is 4.74 Å². The van der Waals surface area contributed by atoms with Crippen molar-refractivity contribution in [3.05, 3.63) is 35.4 Å². The Balaban J connectivity index is 1.08. The Bertz CT molecular complexity index is 567. The zero-order valence-electron chi connectivity index (χ0n) is 17.4. The highest BCUT2D eigenvalue weighted by Crippen LogP contribution is 2.52. The molecule has 27 heavy (non-hydrogen) atoms. The number of hydrogen-bond acceptors (Lipinski definition) is 3. The van der Waals surface area contributed by atoms with Gasteiger partial charge in [-0.2, -0.15) is 0 Å². The van der Waals surface area contributed by atoms with E-state index < -0.39 is 0 Å². The molecule has 0 spiro atoms. The van der Waals surface area contributed by atoms with E-state index in [1.54, 1.807) is 0 Å². The third-order valence-electron chi connectivity index (χ3n) is 7.02. The normalized spacial score (nSPS) is 28.6. The molecule has 3 aliphatic rings. The standard InChI is InChI=1S/C24H38N2O/c1-19(2)21-9-7-20(8-10-21)15-26-16-22-23(17-26)24(22)18-27-14-6-13-25-11-4-3-5-12-25/h7-10,19,22-24H,3-6,11-18H2,1-2H3/t22-,23+,24+. The molecule has 2 saturated heterocycles. The number of rotatable bonds is 9. The van der Waals surface area contributed by atoms with Gasteiger partial charge in [0.2, 0.25) is 0 Å². The lowest BCUT2D eigenvalue weighted by molar-refractivity contribution is 0.0967. The predicted molar refractivity (Wildman–Crippen MR) is 112 cm³/mol. The average Bonchev–Trinajstić information content (AvgIpc) is 3.13. The predicted octanol–water partition coefficient (Wildman–Crippen LogP) is 4.38. The van der Waals surface area contributed by atoms with Gasteiger partial charge in [0.25, 0.3) is 0 Å². The number of hydrogen-bond donors (Lipinski definition) is 0. The number of ether oxygens (including phenoxy) is 1. The molecule has 3 nitrogen and oxygen atoms in total. The van der Waals surface area contributed by atoms with E-state index in [9.17, 15) is 0 Å². The van der Waals surface area contributed by atoms with Crippen LogP contribution >= 0.6 is 0 Å². The summed E-state index contributed by atoms with van der Waals surface area (Å²) in [5.74, 6) is 3.28. The number of nitrogens with zero attached hydrogens (tertiary/aromatic N) is 2. The largest absolute Gasteiger partial charge is 0.381 e. The first kappa shape index (κ1) is 19.4. The van der Waals surface area contributed by atoms with Crippen molar-refractivity contribution in [2.75, 3.05) is 45.9 Å². The fourth-order valence-electron chi connectivity index (χ4n) is 5.17. The van der Waals surface area contributed by atoms with Crippen LogP contribution in [0, 0.1) is 17.8 Å². The molecule has 1 aliphatic carbocycles. The van der Waals surface area contributed by atoms with Crippen LogP contribution in [0.1, 0.15) is 56.6 Å². The molecule has 2 heterocycles. The summed E-state index contributed by atoms with van der Waals surface area (Å²) in [7, 11) is 0. The van der Waals surface area contributed by atoms with E-state index in [1.807, 2.05) is 0 Å². The molecule has 2 aliphatic heterocycles. The number of piperidine rings is 2. The summed E-state index contributed by atoms with van der Waals surface area (Å²) >= 11 is 0. The van der Waals surface area contributed by atoms with Crippen LogP contribution in [0.4, 0.5) is 0 Å². The molecular formula is C24H38N2O. The van der Waals surface area contributed by atoms with Gasteiger partial charge >= 0.3 is 0 Å². The molecule has 0 radical (unpaired) electrons. The van der Waals surface area contributed by atoms with Crippen LogP contribution in [0.5, 0.6) is 0 Å². The minimum absolute atomic E-state index is 0.624. The second-order valence-corrected chi connectivity index (χ2v) is 9.41. The van der Waals surface area contributed by atoms with Crippen LogP contribution in [0.15, 0.2) is 24.3 Å². The highest BCUT2D eigenvalue weighted by Gasteiger charge is 2.55. The highest BCUT2D eigenvalue weighted by molar-refractivity contribution is 5.25. The van der Waals surface area contributed by atoms with E-state index in [2.05, 4.69) is 47.9 Å². The Hall–Kier alpha value is -0.900. The van der Waals surface area contributed by atoms with Crippen molar-refractivity contribution >= 4 is 0 Å². The number of fused-ring (bicyclic) bond motifs is 1. The third-order valence-corrected chi connectivity index (χ3v) is 7.02. The van der Waals surface area contributed by atoms with Crippen LogP contribution in [0.2, 0.25) is 0 Å².